The summed E-state index contributed by atoms with van der Waals surface area (Å²) in [6.45, 7) is 9.75. The largest absolute Gasteiger partial charge is 0.478 e. The monoisotopic (exact) mass is 305 g/mol. The van der Waals surface area contributed by atoms with Crippen molar-refractivity contribution in [3.05, 3.63) is 12.2 Å². The third-order valence-electron chi connectivity index (χ3n) is 2.13. The molecule has 0 aromatic rings. The fraction of sp³-hybridized carbons (Fsp3) is 0.714. The number of carboxylic acids is 2. The van der Waals surface area contributed by atoms with Crippen LogP contribution in [-0.2, 0) is 19.1 Å². The number of carbonyl (C=O) groups is 2. The lowest BCUT2D eigenvalue weighted by atomic mass is 10.4. The predicted molar refractivity (Wildman–Crippen MR) is 79.2 cm³/mol. The average Bonchev–Trinajstić information content (AvgIpc) is 2.97. The maximum Gasteiger partial charge on any atom is 0.328 e. The zero-order valence-corrected chi connectivity index (χ0v) is 13.0. The van der Waals surface area contributed by atoms with Gasteiger partial charge in [0.05, 0.1) is 0 Å². The van der Waals surface area contributed by atoms with E-state index in [-0.39, 0.29) is 6.29 Å². The number of aliphatic carboxylic acids is 2. The quantitative estimate of drug-likeness (QED) is 0.504. The Bertz CT molecular complexity index is 260. The summed E-state index contributed by atoms with van der Waals surface area (Å²) in [5.41, 5.74) is 0. The van der Waals surface area contributed by atoms with Crippen molar-refractivity contribution in [3.8, 4) is 0 Å². The highest BCUT2D eigenvalue weighted by atomic mass is 16.7. The minimum Gasteiger partial charge on any atom is -0.478 e. The Labute approximate surface area is 125 Å². The highest BCUT2D eigenvalue weighted by Crippen LogP contribution is 1.90. The fourth-order valence-corrected chi connectivity index (χ4v) is 1.29. The van der Waals surface area contributed by atoms with Gasteiger partial charge in [-0.15, -0.1) is 0 Å². The first-order valence-corrected chi connectivity index (χ1v) is 7.01. The molecule has 0 aliphatic carbocycles. The van der Waals surface area contributed by atoms with Gasteiger partial charge in [0.15, 0.2) is 6.29 Å². The molecule has 1 aliphatic rings. The predicted octanol–water partition coefficient (Wildman–Crippen LogP) is 1.49. The Balaban J connectivity index is 0. The Morgan fingerprint density at radius 1 is 1.05 bits per heavy atom. The molecule has 1 rings (SSSR count). The molecule has 0 spiro atoms. The van der Waals surface area contributed by atoms with Crippen molar-refractivity contribution in [3.63, 3.8) is 0 Å². The second kappa shape index (κ2) is 16.6. The lowest BCUT2D eigenvalue weighted by Crippen LogP contribution is -2.11. The normalized spacial score (nSPS) is 13.3. The van der Waals surface area contributed by atoms with Gasteiger partial charge in [-0.25, -0.2) is 9.59 Å². The molecule has 0 amide bonds. The number of rotatable bonds is 6. The maximum absolute atomic E-state index is 9.55. The molecule has 1 aliphatic heterocycles. The molecule has 0 bridgehead atoms. The number of carboxylic acid groups (broad SMARTS) is 2. The van der Waals surface area contributed by atoms with Gasteiger partial charge in [0.25, 0.3) is 0 Å². The van der Waals surface area contributed by atoms with Gasteiger partial charge in [-0.3, -0.25) is 0 Å². The number of hydrogen-bond donors (Lipinski definition) is 3. The van der Waals surface area contributed by atoms with Gasteiger partial charge in [0.2, 0.25) is 0 Å². The van der Waals surface area contributed by atoms with Gasteiger partial charge in [0.1, 0.15) is 0 Å². The summed E-state index contributed by atoms with van der Waals surface area (Å²) in [6, 6.07) is 0. The lowest BCUT2D eigenvalue weighted by Gasteiger charge is -2.09. The summed E-state index contributed by atoms with van der Waals surface area (Å²) >= 11 is 0. The van der Waals surface area contributed by atoms with Crippen molar-refractivity contribution in [1.29, 1.82) is 0 Å². The molecular weight excluding hydrogens is 278 g/mol. The van der Waals surface area contributed by atoms with Gasteiger partial charge >= 0.3 is 11.9 Å². The van der Waals surface area contributed by atoms with E-state index in [2.05, 4.69) is 5.32 Å². The maximum atomic E-state index is 9.55. The van der Waals surface area contributed by atoms with Gasteiger partial charge in [-0.2, -0.15) is 0 Å². The second-order valence-corrected chi connectivity index (χ2v) is 3.95. The van der Waals surface area contributed by atoms with Crippen LogP contribution < -0.4 is 5.32 Å². The van der Waals surface area contributed by atoms with Crippen LogP contribution >= 0.6 is 0 Å². The highest BCUT2D eigenvalue weighted by molar-refractivity contribution is 5.89. The summed E-state index contributed by atoms with van der Waals surface area (Å²) in [4.78, 5) is 19.1. The van der Waals surface area contributed by atoms with E-state index in [0.29, 0.717) is 12.2 Å². The molecule has 21 heavy (non-hydrogen) atoms. The van der Waals surface area contributed by atoms with Crippen LogP contribution in [0.15, 0.2) is 12.2 Å². The van der Waals surface area contributed by atoms with Crippen LogP contribution in [0.25, 0.3) is 0 Å². The summed E-state index contributed by atoms with van der Waals surface area (Å²) in [6.07, 6.45) is 3.86. The summed E-state index contributed by atoms with van der Waals surface area (Å²) in [5, 5.41) is 18.8. The number of nitrogens with one attached hydrogen (secondary N) is 1. The van der Waals surface area contributed by atoms with Crippen molar-refractivity contribution in [2.75, 3.05) is 26.3 Å². The minimum atomic E-state index is -1.26. The van der Waals surface area contributed by atoms with E-state index in [1.807, 2.05) is 20.8 Å². The van der Waals surface area contributed by atoms with E-state index >= 15 is 0 Å². The SMILES string of the molecule is C1CCNC1.CCOC(C)OCC.O=C(O)/C=C/C(=O)O. The first-order valence-electron chi connectivity index (χ1n) is 7.01. The van der Waals surface area contributed by atoms with Gasteiger partial charge in [0, 0.05) is 25.4 Å². The van der Waals surface area contributed by atoms with Crippen LogP contribution in [0.4, 0.5) is 0 Å². The van der Waals surface area contributed by atoms with Crippen LogP contribution in [0.5, 0.6) is 0 Å². The van der Waals surface area contributed by atoms with E-state index in [1.165, 1.54) is 25.9 Å². The van der Waals surface area contributed by atoms with Crippen LogP contribution in [0.1, 0.15) is 33.6 Å². The molecule has 3 N–H and O–H groups in total. The van der Waals surface area contributed by atoms with Gasteiger partial charge in [-0.05, 0) is 46.7 Å². The fourth-order valence-electron chi connectivity index (χ4n) is 1.29. The zero-order chi connectivity index (χ0) is 16.5. The Morgan fingerprint density at radius 3 is 1.62 bits per heavy atom. The Hall–Kier alpha value is -1.44. The molecule has 0 radical (unpaired) electrons. The molecule has 7 heteroatoms. The lowest BCUT2D eigenvalue weighted by molar-refractivity contribution is -0.134. The van der Waals surface area contributed by atoms with E-state index < -0.39 is 11.9 Å². The molecular formula is C14H27NO6. The number of hydrogen-bond acceptors (Lipinski definition) is 5. The van der Waals surface area contributed by atoms with E-state index in [4.69, 9.17) is 19.7 Å². The van der Waals surface area contributed by atoms with Crippen molar-refractivity contribution >= 4 is 11.9 Å². The molecule has 0 aromatic heterocycles. The Morgan fingerprint density at radius 2 is 1.43 bits per heavy atom. The van der Waals surface area contributed by atoms with Crippen molar-refractivity contribution < 1.29 is 29.3 Å². The van der Waals surface area contributed by atoms with E-state index in [0.717, 1.165) is 13.2 Å². The topological polar surface area (TPSA) is 105 Å². The molecule has 124 valence electrons. The van der Waals surface area contributed by atoms with Gasteiger partial charge in [-0.1, -0.05) is 0 Å². The summed E-state index contributed by atoms with van der Waals surface area (Å²) < 4.78 is 10.1. The highest BCUT2D eigenvalue weighted by Gasteiger charge is 1.95. The molecule has 0 saturated carbocycles. The molecule has 0 unspecified atom stereocenters. The molecule has 1 fully saturated rings. The minimum absolute atomic E-state index is 0.0370. The first kappa shape index (κ1) is 21.9. The average molecular weight is 305 g/mol. The second-order valence-electron chi connectivity index (χ2n) is 3.95. The van der Waals surface area contributed by atoms with Crippen LogP contribution in [-0.4, -0.2) is 54.7 Å². The Kier molecular flexibility index (Phi) is 17.3. The molecule has 1 saturated heterocycles. The molecule has 0 aromatic carbocycles. The van der Waals surface area contributed by atoms with Crippen LogP contribution in [0.3, 0.4) is 0 Å². The molecule has 7 nitrogen and oxygen atoms in total. The third-order valence-corrected chi connectivity index (χ3v) is 2.13. The molecule has 1 heterocycles. The summed E-state index contributed by atoms with van der Waals surface area (Å²) in [5.74, 6) is -2.51. The number of ether oxygens (including phenoxy) is 2. The van der Waals surface area contributed by atoms with Gasteiger partial charge < -0.3 is 25.0 Å². The molecule has 0 atom stereocenters. The first-order chi connectivity index (χ1) is 9.93. The van der Waals surface area contributed by atoms with E-state index in [9.17, 15) is 9.59 Å². The van der Waals surface area contributed by atoms with Crippen molar-refractivity contribution in [2.24, 2.45) is 0 Å². The van der Waals surface area contributed by atoms with Crippen LogP contribution in [0.2, 0.25) is 0 Å². The smallest absolute Gasteiger partial charge is 0.328 e. The summed E-state index contributed by atoms with van der Waals surface area (Å²) in [7, 11) is 0. The van der Waals surface area contributed by atoms with Crippen LogP contribution in [0, 0.1) is 0 Å². The van der Waals surface area contributed by atoms with Crippen molar-refractivity contribution in [2.45, 2.75) is 39.9 Å². The van der Waals surface area contributed by atoms with Crippen molar-refractivity contribution in [1.82, 2.24) is 5.32 Å². The standard InChI is InChI=1S/C6H14O2.C4H9N.C4H4O4/c1-4-7-6(3)8-5-2;1-2-4-5-3-1;5-3(6)1-2-4(7)8/h6H,4-5H2,1-3H3;5H,1-4H2;1-2H,(H,5,6)(H,7,8)/b;;2-1+. The van der Waals surface area contributed by atoms with E-state index in [1.54, 1.807) is 0 Å². The zero-order valence-electron chi connectivity index (χ0n) is 13.0. The third kappa shape index (κ3) is 24.0.